The lowest BCUT2D eigenvalue weighted by atomic mass is 9.96. The van der Waals surface area contributed by atoms with Crippen molar-refractivity contribution < 1.29 is 50.0 Å². The van der Waals surface area contributed by atoms with Crippen LogP contribution in [-0.4, -0.2) is 41.7 Å². The van der Waals surface area contributed by atoms with E-state index in [0.717, 1.165) is 12.1 Å². The summed E-state index contributed by atoms with van der Waals surface area (Å²) in [5.74, 6) is -4.92. The lowest BCUT2D eigenvalue weighted by molar-refractivity contribution is 0.0732. The van der Waals surface area contributed by atoms with Crippen molar-refractivity contribution in [1.82, 2.24) is 0 Å². The number of hydrogen-bond donors (Lipinski definition) is 7. The van der Waals surface area contributed by atoms with E-state index in [1.807, 2.05) is 0 Å². The lowest BCUT2D eigenvalue weighted by Gasteiger charge is -2.27. The van der Waals surface area contributed by atoms with Crippen molar-refractivity contribution in [3.8, 4) is 51.7 Å². The van der Waals surface area contributed by atoms with Gasteiger partial charge in [-0.05, 0) is 42.7 Å². The molecule has 0 unspecified atom stereocenters. The quantitative estimate of drug-likeness (QED) is 0.181. The molecule has 3 aromatic rings. The number of aromatic hydroxyl groups is 7. The van der Waals surface area contributed by atoms with Gasteiger partial charge in [0.15, 0.2) is 34.5 Å². The smallest absolute Gasteiger partial charge is 0.343 e. The molecule has 1 aliphatic rings. The third kappa shape index (κ3) is 3.69. The van der Waals surface area contributed by atoms with Crippen LogP contribution >= 0.6 is 0 Å². The number of rotatable bonds is 3. The molecule has 10 heteroatoms. The van der Waals surface area contributed by atoms with E-state index in [2.05, 4.69) is 0 Å². The maximum Gasteiger partial charge on any atom is 0.343 e. The zero-order valence-corrected chi connectivity index (χ0v) is 16.3. The van der Waals surface area contributed by atoms with E-state index < -0.39 is 46.6 Å². The van der Waals surface area contributed by atoms with E-state index in [1.54, 1.807) is 0 Å². The Balaban J connectivity index is 1.60. The van der Waals surface area contributed by atoms with Crippen LogP contribution in [0.3, 0.4) is 0 Å². The van der Waals surface area contributed by atoms with Gasteiger partial charge in [0.25, 0.3) is 0 Å². The number of phenolic OH excluding ortho intramolecular Hbond substituents is 7. The molecular formula is C22H18O10. The van der Waals surface area contributed by atoms with Gasteiger partial charge in [-0.25, -0.2) is 4.79 Å². The van der Waals surface area contributed by atoms with Gasteiger partial charge < -0.3 is 45.2 Å². The largest absolute Gasteiger partial charge is 0.507 e. The predicted molar refractivity (Wildman–Crippen MR) is 108 cm³/mol. The van der Waals surface area contributed by atoms with Gasteiger partial charge in [-0.2, -0.15) is 0 Å². The zero-order chi connectivity index (χ0) is 23.2. The van der Waals surface area contributed by atoms with Crippen LogP contribution in [0.4, 0.5) is 0 Å². The molecule has 0 aliphatic carbocycles. The number of esters is 1. The number of fused-ring (bicyclic) bond motifs is 1. The fraction of sp³-hybridized carbons (Fsp3) is 0.136. The molecule has 10 nitrogen and oxygen atoms in total. The summed E-state index contributed by atoms with van der Waals surface area (Å²) in [6.45, 7) is 0. The van der Waals surface area contributed by atoms with Crippen molar-refractivity contribution in [2.24, 2.45) is 0 Å². The first-order valence-corrected chi connectivity index (χ1v) is 9.38. The molecule has 1 heterocycles. The molecule has 0 amide bonds. The fourth-order valence-corrected chi connectivity index (χ4v) is 3.44. The number of hydrogen-bond acceptors (Lipinski definition) is 10. The SMILES string of the molecule is O=C(Oc1cc(O)c2c(c1)O[C@H](c1cc(O)c(O)c(O)c1)CC2)c1cc(O)c(O)c(O)c1. The summed E-state index contributed by atoms with van der Waals surface area (Å²) in [4.78, 5) is 12.4. The molecule has 7 N–H and O–H groups in total. The number of phenols is 7. The second-order valence-electron chi connectivity index (χ2n) is 7.22. The highest BCUT2D eigenvalue weighted by Gasteiger charge is 2.27. The summed E-state index contributed by atoms with van der Waals surface area (Å²) in [6.07, 6.45) is 0.147. The molecule has 0 fully saturated rings. The summed E-state index contributed by atoms with van der Waals surface area (Å²) >= 11 is 0. The predicted octanol–water partition coefficient (Wildman–Crippen LogP) is 2.91. The van der Waals surface area contributed by atoms with Gasteiger partial charge in [0.1, 0.15) is 23.4 Å². The van der Waals surface area contributed by atoms with Crippen LogP contribution in [0.5, 0.6) is 51.7 Å². The van der Waals surface area contributed by atoms with Gasteiger partial charge in [-0.1, -0.05) is 0 Å². The molecule has 3 aromatic carbocycles. The van der Waals surface area contributed by atoms with E-state index in [4.69, 9.17) is 9.47 Å². The number of carbonyl (C=O) groups is 1. The van der Waals surface area contributed by atoms with Gasteiger partial charge >= 0.3 is 5.97 Å². The first-order valence-electron chi connectivity index (χ1n) is 9.38. The Kier molecular flexibility index (Phi) is 4.97. The zero-order valence-electron chi connectivity index (χ0n) is 16.3. The maximum absolute atomic E-state index is 12.4. The van der Waals surface area contributed by atoms with Crippen molar-refractivity contribution >= 4 is 5.97 Å². The summed E-state index contributed by atoms with van der Waals surface area (Å²) < 4.78 is 11.1. The molecule has 0 saturated carbocycles. The van der Waals surface area contributed by atoms with Crippen molar-refractivity contribution in [2.45, 2.75) is 18.9 Å². The lowest BCUT2D eigenvalue weighted by Crippen LogP contribution is -2.16. The maximum atomic E-state index is 12.4. The van der Waals surface area contributed by atoms with Gasteiger partial charge in [0.05, 0.1) is 5.56 Å². The molecule has 1 atom stereocenters. The van der Waals surface area contributed by atoms with Crippen molar-refractivity contribution in [2.75, 3.05) is 0 Å². The van der Waals surface area contributed by atoms with Crippen LogP contribution < -0.4 is 9.47 Å². The van der Waals surface area contributed by atoms with Gasteiger partial charge in [0.2, 0.25) is 0 Å². The third-order valence-electron chi connectivity index (χ3n) is 5.06. The van der Waals surface area contributed by atoms with Crippen molar-refractivity contribution in [3.63, 3.8) is 0 Å². The minimum absolute atomic E-state index is 0.0876. The Hall–Kier alpha value is -4.47. The fourth-order valence-electron chi connectivity index (χ4n) is 3.44. The third-order valence-corrected chi connectivity index (χ3v) is 5.06. The Morgan fingerprint density at radius 1 is 0.781 bits per heavy atom. The highest BCUT2D eigenvalue weighted by Crippen LogP contribution is 2.45. The van der Waals surface area contributed by atoms with E-state index >= 15 is 0 Å². The van der Waals surface area contributed by atoms with Crippen LogP contribution in [0.25, 0.3) is 0 Å². The summed E-state index contributed by atoms with van der Waals surface area (Å²) in [6, 6.07) is 6.88. The first-order chi connectivity index (χ1) is 15.1. The van der Waals surface area contributed by atoms with E-state index in [1.165, 1.54) is 24.3 Å². The standard InChI is InChI=1S/C22H18O10/c23-13-7-11(31-22(30)10-5-16(26)21(29)17(27)6-10)8-19-12(13)1-2-18(32-19)9-3-14(24)20(28)15(25)4-9/h3-8,18,23-29H,1-2H2/t18-/m0/s1. The van der Waals surface area contributed by atoms with Gasteiger partial charge in [0, 0.05) is 17.7 Å². The van der Waals surface area contributed by atoms with Crippen LogP contribution in [0, 0.1) is 0 Å². The summed E-state index contributed by atoms with van der Waals surface area (Å²) in [5.41, 5.74) is 0.609. The molecule has 0 saturated heterocycles. The topological polar surface area (TPSA) is 177 Å². The van der Waals surface area contributed by atoms with E-state index in [9.17, 15) is 40.5 Å². The minimum atomic E-state index is -0.976. The minimum Gasteiger partial charge on any atom is -0.507 e. The molecule has 0 spiro atoms. The molecular weight excluding hydrogens is 424 g/mol. The number of carbonyl (C=O) groups excluding carboxylic acids is 1. The van der Waals surface area contributed by atoms with Crippen molar-refractivity contribution in [1.29, 1.82) is 0 Å². The van der Waals surface area contributed by atoms with Crippen LogP contribution in [-0.2, 0) is 6.42 Å². The van der Waals surface area contributed by atoms with E-state index in [0.29, 0.717) is 24.0 Å². The number of benzene rings is 3. The average Bonchev–Trinajstić information content (AvgIpc) is 2.74. The molecule has 0 bridgehead atoms. The second kappa shape index (κ2) is 7.65. The summed E-state index contributed by atoms with van der Waals surface area (Å²) in [7, 11) is 0. The van der Waals surface area contributed by atoms with E-state index in [-0.39, 0.29) is 22.8 Å². The molecule has 0 radical (unpaired) electrons. The Labute approximate surface area is 180 Å². The highest BCUT2D eigenvalue weighted by atomic mass is 16.5. The average molecular weight is 442 g/mol. The van der Waals surface area contributed by atoms with Gasteiger partial charge in [-0.3, -0.25) is 0 Å². The molecule has 1 aliphatic heterocycles. The second-order valence-corrected chi connectivity index (χ2v) is 7.22. The number of ether oxygens (including phenoxy) is 2. The molecule has 0 aromatic heterocycles. The van der Waals surface area contributed by atoms with Gasteiger partial charge in [-0.15, -0.1) is 0 Å². The Morgan fingerprint density at radius 2 is 1.34 bits per heavy atom. The first kappa shape index (κ1) is 20.8. The highest BCUT2D eigenvalue weighted by molar-refractivity contribution is 5.92. The Bertz CT molecular complexity index is 1190. The Morgan fingerprint density at radius 3 is 1.94 bits per heavy atom. The monoisotopic (exact) mass is 442 g/mol. The molecule has 166 valence electrons. The molecule has 4 rings (SSSR count). The van der Waals surface area contributed by atoms with Crippen molar-refractivity contribution in [3.05, 3.63) is 53.1 Å². The molecule has 32 heavy (non-hydrogen) atoms. The van der Waals surface area contributed by atoms with Crippen LogP contribution in [0.2, 0.25) is 0 Å². The van der Waals surface area contributed by atoms with Crippen LogP contribution in [0.15, 0.2) is 36.4 Å². The van der Waals surface area contributed by atoms with Crippen LogP contribution in [0.1, 0.15) is 34.0 Å². The normalized spacial score (nSPS) is 14.9. The summed E-state index contributed by atoms with van der Waals surface area (Å²) in [5, 5.41) is 67.9.